The molecule has 0 saturated heterocycles. The van der Waals surface area contributed by atoms with Crippen molar-refractivity contribution in [1.82, 2.24) is 20.6 Å². The van der Waals surface area contributed by atoms with Crippen LogP contribution in [0.2, 0.25) is 0 Å². The number of nitrogens with zero attached hydrogens (tertiary/aromatic N) is 1. The molecule has 3 N–H and O–H groups in total. The average Bonchev–Trinajstić information content (AvgIpc) is 2.46. The summed E-state index contributed by atoms with van der Waals surface area (Å²) in [5, 5.41) is 5.70. The second kappa shape index (κ2) is 7.07. The summed E-state index contributed by atoms with van der Waals surface area (Å²) in [6.45, 7) is 2.31. The SMILES string of the molecule is C[C@H](NC(=O)NCc1cc(=O)[nH]cn1)C1CCCCC1. The van der Waals surface area contributed by atoms with Gasteiger partial charge in [-0.15, -0.1) is 0 Å². The first kappa shape index (κ1) is 14.6. The van der Waals surface area contributed by atoms with Crippen LogP contribution in [0.3, 0.4) is 0 Å². The van der Waals surface area contributed by atoms with Crippen LogP contribution in [0.5, 0.6) is 0 Å². The van der Waals surface area contributed by atoms with E-state index in [1.165, 1.54) is 44.5 Å². The molecule has 0 aliphatic heterocycles. The number of H-pyrrole nitrogens is 1. The van der Waals surface area contributed by atoms with Crippen molar-refractivity contribution in [2.24, 2.45) is 5.92 Å². The van der Waals surface area contributed by atoms with E-state index < -0.39 is 0 Å². The van der Waals surface area contributed by atoms with E-state index in [-0.39, 0.29) is 24.2 Å². The van der Waals surface area contributed by atoms with E-state index in [0.717, 1.165) is 0 Å². The summed E-state index contributed by atoms with van der Waals surface area (Å²) in [6.07, 6.45) is 7.55. The fourth-order valence-corrected chi connectivity index (χ4v) is 2.69. The number of amides is 2. The van der Waals surface area contributed by atoms with E-state index in [1.807, 2.05) is 0 Å². The largest absolute Gasteiger partial charge is 0.335 e. The molecule has 6 nitrogen and oxygen atoms in total. The van der Waals surface area contributed by atoms with E-state index >= 15 is 0 Å². The first-order valence-electron chi connectivity index (χ1n) is 7.23. The molecule has 0 radical (unpaired) electrons. The van der Waals surface area contributed by atoms with Gasteiger partial charge in [0.2, 0.25) is 0 Å². The Hall–Kier alpha value is -1.85. The van der Waals surface area contributed by atoms with Gasteiger partial charge in [-0.25, -0.2) is 9.78 Å². The van der Waals surface area contributed by atoms with Gasteiger partial charge >= 0.3 is 6.03 Å². The maximum Gasteiger partial charge on any atom is 0.315 e. The highest BCUT2D eigenvalue weighted by Gasteiger charge is 2.21. The predicted molar refractivity (Wildman–Crippen MR) is 76.3 cm³/mol. The van der Waals surface area contributed by atoms with Gasteiger partial charge in [-0.05, 0) is 25.7 Å². The fourth-order valence-electron chi connectivity index (χ4n) is 2.69. The quantitative estimate of drug-likeness (QED) is 0.780. The second-order valence-electron chi connectivity index (χ2n) is 5.42. The number of carbonyl (C=O) groups excluding carboxylic acids is 1. The number of aromatic nitrogens is 2. The molecule has 20 heavy (non-hydrogen) atoms. The van der Waals surface area contributed by atoms with Gasteiger partial charge in [0.05, 0.1) is 18.6 Å². The third-order valence-electron chi connectivity index (χ3n) is 3.88. The Balaban J connectivity index is 1.76. The van der Waals surface area contributed by atoms with Crippen LogP contribution >= 0.6 is 0 Å². The molecule has 2 amide bonds. The summed E-state index contributed by atoms with van der Waals surface area (Å²) in [6, 6.07) is 1.36. The molecule has 0 spiro atoms. The molecular weight excluding hydrogens is 256 g/mol. The minimum atomic E-state index is -0.215. The minimum absolute atomic E-state index is 0.183. The van der Waals surface area contributed by atoms with E-state index in [2.05, 4.69) is 27.5 Å². The Kier molecular flexibility index (Phi) is 5.15. The topological polar surface area (TPSA) is 86.9 Å². The van der Waals surface area contributed by atoms with Crippen LogP contribution in [0.1, 0.15) is 44.7 Å². The zero-order valence-electron chi connectivity index (χ0n) is 11.8. The molecule has 1 aromatic rings. The standard InChI is InChI=1S/C14H22N4O2/c1-10(11-5-3-2-4-6-11)18-14(20)15-8-12-7-13(19)17-9-16-12/h7,9-11H,2-6,8H2,1H3,(H2,15,18,20)(H,16,17,19)/t10-/m0/s1. The van der Waals surface area contributed by atoms with Crippen LogP contribution in [-0.2, 0) is 6.54 Å². The van der Waals surface area contributed by atoms with Crippen LogP contribution in [0, 0.1) is 5.92 Å². The maximum absolute atomic E-state index is 11.8. The fraction of sp³-hybridized carbons (Fsp3) is 0.643. The summed E-state index contributed by atoms with van der Waals surface area (Å²) in [5.74, 6) is 0.576. The number of hydrogen-bond acceptors (Lipinski definition) is 3. The van der Waals surface area contributed by atoms with Gasteiger partial charge in [-0.1, -0.05) is 19.3 Å². The Morgan fingerprint density at radius 3 is 2.90 bits per heavy atom. The maximum atomic E-state index is 11.8. The van der Waals surface area contributed by atoms with Crippen LogP contribution in [0.4, 0.5) is 4.79 Å². The highest BCUT2D eigenvalue weighted by Crippen LogP contribution is 2.26. The average molecular weight is 278 g/mol. The molecule has 1 fully saturated rings. The molecule has 1 heterocycles. The first-order valence-corrected chi connectivity index (χ1v) is 7.23. The third-order valence-corrected chi connectivity index (χ3v) is 3.88. The van der Waals surface area contributed by atoms with E-state index in [1.54, 1.807) is 0 Å². The number of urea groups is 1. The highest BCUT2D eigenvalue weighted by molar-refractivity contribution is 5.74. The Morgan fingerprint density at radius 1 is 1.45 bits per heavy atom. The Labute approximate surface area is 118 Å². The molecule has 1 atom stereocenters. The monoisotopic (exact) mass is 278 g/mol. The summed E-state index contributed by atoms with van der Waals surface area (Å²) in [4.78, 5) is 29.3. The third kappa shape index (κ3) is 4.36. The number of rotatable bonds is 4. The molecule has 1 saturated carbocycles. The van der Waals surface area contributed by atoms with Crippen LogP contribution in [0.25, 0.3) is 0 Å². The molecule has 0 bridgehead atoms. The molecule has 0 aromatic carbocycles. The van der Waals surface area contributed by atoms with Gasteiger partial charge in [-0.3, -0.25) is 4.79 Å². The van der Waals surface area contributed by atoms with Crippen molar-refractivity contribution in [3.63, 3.8) is 0 Å². The van der Waals surface area contributed by atoms with Gasteiger partial charge in [0.15, 0.2) is 0 Å². The number of hydrogen-bond donors (Lipinski definition) is 3. The van der Waals surface area contributed by atoms with Crippen LogP contribution in [-0.4, -0.2) is 22.0 Å². The lowest BCUT2D eigenvalue weighted by molar-refractivity contribution is 0.224. The Bertz CT molecular complexity index is 494. The van der Waals surface area contributed by atoms with Gasteiger partial charge in [0.25, 0.3) is 5.56 Å². The van der Waals surface area contributed by atoms with E-state index in [4.69, 9.17) is 0 Å². The summed E-state index contributed by atoms with van der Waals surface area (Å²) < 4.78 is 0. The smallest absolute Gasteiger partial charge is 0.315 e. The van der Waals surface area contributed by atoms with Crippen molar-refractivity contribution in [1.29, 1.82) is 0 Å². The van der Waals surface area contributed by atoms with E-state index in [0.29, 0.717) is 11.6 Å². The zero-order valence-corrected chi connectivity index (χ0v) is 11.8. The second-order valence-corrected chi connectivity index (χ2v) is 5.42. The van der Waals surface area contributed by atoms with Crippen molar-refractivity contribution in [2.45, 2.75) is 51.6 Å². The molecule has 1 aliphatic rings. The van der Waals surface area contributed by atoms with Gasteiger partial charge < -0.3 is 15.6 Å². The summed E-state index contributed by atoms with van der Waals surface area (Å²) in [5.41, 5.74) is 0.335. The van der Waals surface area contributed by atoms with E-state index in [9.17, 15) is 9.59 Å². The number of nitrogens with one attached hydrogen (secondary N) is 3. The van der Waals surface area contributed by atoms with Crippen molar-refractivity contribution in [3.8, 4) is 0 Å². The van der Waals surface area contributed by atoms with Crippen molar-refractivity contribution >= 4 is 6.03 Å². The van der Waals surface area contributed by atoms with Gasteiger partial charge in [0.1, 0.15) is 0 Å². The molecule has 1 aromatic heterocycles. The van der Waals surface area contributed by atoms with Crippen LogP contribution < -0.4 is 16.2 Å². The molecule has 2 rings (SSSR count). The number of aromatic amines is 1. The molecular formula is C14H22N4O2. The molecule has 110 valence electrons. The molecule has 1 aliphatic carbocycles. The minimum Gasteiger partial charge on any atom is -0.335 e. The lowest BCUT2D eigenvalue weighted by Crippen LogP contribution is -2.44. The highest BCUT2D eigenvalue weighted by atomic mass is 16.2. The molecule has 0 unspecified atom stereocenters. The van der Waals surface area contributed by atoms with Crippen molar-refractivity contribution in [2.75, 3.05) is 0 Å². The summed E-state index contributed by atoms with van der Waals surface area (Å²) in [7, 11) is 0. The van der Waals surface area contributed by atoms with Gasteiger partial charge in [-0.2, -0.15) is 0 Å². The zero-order chi connectivity index (χ0) is 14.4. The number of carbonyl (C=O) groups is 1. The lowest BCUT2D eigenvalue weighted by Gasteiger charge is -2.28. The summed E-state index contributed by atoms with van der Waals surface area (Å²) >= 11 is 0. The van der Waals surface area contributed by atoms with Crippen molar-refractivity contribution < 1.29 is 4.79 Å². The first-order chi connectivity index (χ1) is 9.65. The van der Waals surface area contributed by atoms with Crippen LogP contribution in [0.15, 0.2) is 17.2 Å². The lowest BCUT2D eigenvalue weighted by atomic mass is 9.85. The Morgan fingerprint density at radius 2 is 2.20 bits per heavy atom. The van der Waals surface area contributed by atoms with Gasteiger partial charge in [0, 0.05) is 12.1 Å². The van der Waals surface area contributed by atoms with Crippen molar-refractivity contribution in [3.05, 3.63) is 28.4 Å². The molecule has 6 heteroatoms. The normalized spacial score (nSPS) is 17.4. The predicted octanol–water partition coefficient (Wildman–Crippen LogP) is 1.54.